The highest BCUT2D eigenvalue weighted by Gasteiger charge is 2.25. The van der Waals surface area contributed by atoms with E-state index in [1.807, 2.05) is 24.0 Å². The van der Waals surface area contributed by atoms with Crippen LogP contribution in [0, 0.1) is 0 Å². The van der Waals surface area contributed by atoms with Crippen molar-refractivity contribution in [2.75, 3.05) is 5.32 Å². The number of aryl methyl sites for hydroxylation is 1. The average molecular weight is 347 g/mol. The molecule has 0 radical (unpaired) electrons. The molecule has 6 nitrogen and oxygen atoms in total. The quantitative estimate of drug-likeness (QED) is 0.761. The molecular weight excluding hydrogens is 332 g/mol. The zero-order valence-electron chi connectivity index (χ0n) is 11.6. The van der Waals surface area contributed by atoms with E-state index < -0.39 is 0 Å². The third-order valence-corrected chi connectivity index (χ3v) is 4.42. The maximum atomic E-state index is 4.61. The molecule has 3 heterocycles. The highest BCUT2D eigenvalue weighted by molar-refractivity contribution is 9.10. The molecule has 1 aliphatic rings. The van der Waals surface area contributed by atoms with Crippen molar-refractivity contribution in [3.05, 3.63) is 28.9 Å². The summed E-state index contributed by atoms with van der Waals surface area (Å²) in [5, 5.41) is 9.00. The number of hydrogen-bond acceptors (Lipinski definition) is 4. The molecule has 1 aliphatic carbocycles. The van der Waals surface area contributed by atoms with Crippen molar-refractivity contribution in [2.24, 2.45) is 7.05 Å². The molecule has 7 heteroatoms. The van der Waals surface area contributed by atoms with E-state index in [-0.39, 0.29) is 0 Å². The second kappa shape index (κ2) is 4.84. The molecule has 2 N–H and O–H groups in total. The molecule has 21 heavy (non-hydrogen) atoms. The van der Waals surface area contributed by atoms with Crippen LogP contribution in [0.25, 0.3) is 11.0 Å². The molecule has 4 rings (SSSR count). The number of aromatic amines is 1. The fraction of sp³-hybridized carbons (Fsp3) is 0.357. The van der Waals surface area contributed by atoms with E-state index in [0.29, 0.717) is 5.92 Å². The number of nitrogens with one attached hydrogen (secondary N) is 2. The van der Waals surface area contributed by atoms with E-state index in [1.165, 1.54) is 19.3 Å². The second-order valence-electron chi connectivity index (χ2n) is 5.46. The average Bonchev–Trinajstić information content (AvgIpc) is 2.91. The van der Waals surface area contributed by atoms with Gasteiger partial charge in [-0.3, -0.25) is 4.68 Å². The lowest BCUT2D eigenvalue weighted by Gasteiger charge is -2.24. The predicted molar refractivity (Wildman–Crippen MR) is 84.7 cm³/mol. The maximum Gasteiger partial charge on any atom is 0.143 e. The fourth-order valence-corrected chi connectivity index (χ4v) is 3.14. The van der Waals surface area contributed by atoms with E-state index >= 15 is 0 Å². The number of nitrogens with zero attached hydrogens (tertiary/aromatic N) is 4. The van der Waals surface area contributed by atoms with E-state index in [2.05, 4.69) is 41.3 Å². The third-order valence-electron chi connectivity index (χ3n) is 4.00. The molecule has 1 fully saturated rings. The zero-order chi connectivity index (χ0) is 14.4. The van der Waals surface area contributed by atoms with Crippen molar-refractivity contribution in [3.63, 3.8) is 0 Å². The van der Waals surface area contributed by atoms with Crippen LogP contribution in [0.15, 0.2) is 23.2 Å². The minimum atomic E-state index is 0.573. The van der Waals surface area contributed by atoms with Crippen molar-refractivity contribution in [1.29, 1.82) is 0 Å². The van der Waals surface area contributed by atoms with E-state index in [4.69, 9.17) is 0 Å². The lowest BCUT2D eigenvalue weighted by Crippen LogP contribution is -2.11. The molecule has 3 aromatic rings. The molecule has 3 aromatic heterocycles. The SMILES string of the molecule is Cn1cc(Nc2ncnc3[nH]c(Br)cc23)c(C2CCC2)n1. The van der Waals surface area contributed by atoms with Crippen LogP contribution in [0.2, 0.25) is 0 Å². The van der Waals surface area contributed by atoms with Crippen LogP contribution in [0.5, 0.6) is 0 Å². The van der Waals surface area contributed by atoms with Gasteiger partial charge in [-0.25, -0.2) is 9.97 Å². The van der Waals surface area contributed by atoms with E-state index in [9.17, 15) is 0 Å². The van der Waals surface area contributed by atoms with Crippen LogP contribution in [-0.2, 0) is 7.05 Å². The molecule has 0 bridgehead atoms. The van der Waals surface area contributed by atoms with Crippen LogP contribution >= 0.6 is 15.9 Å². The Morgan fingerprint density at radius 3 is 3.00 bits per heavy atom. The van der Waals surface area contributed by atoms with Gasteiger partial charge in [-0.15, -0.1) is 0 Å². The summed E-state index contributed by atoms with van der Waals surface area (Å²) in [5.41, 5.74) is 3.00. The Balaban J connectivity index is 1.74. The zero-order valence-corrected chi connectivity index (χ0v) is 13.2. The van der Waals surface area contributed by atoms with Crippen LogP contribution in [0.1, 0.15) is 30.9 Å². The van der Waals surface area contributed by atoms with Crippen molar-refractivity contribution < 1.29 is 0 Å². The Morgan fingerprint density at radius 1 is 1.38 bits per heavy atom. The number of anilines is 2. The first-order valence-corrected chi connectivity index (χ1v) is 7.80. The lowest BCUT2D eigenvalue weighted by molar-refractivity contribution is 0.408. The van der Waals surface area contributed by atoms with Crippen molar-refractivity contribution in [1.82, 2.24) is 24.7 Å². The van der Waals surface area contributed by atoms with E-state index in [1.54, 1.807) is 6.33 Å². The van der Waals surface area contributed by atoms with Gasteiger partial charge in [-0.05, 0) is 34.8 Å². The Labute approximate surface area is 130 Å². The van der Waals surface area contributed by atoms with Gasteiger partial charge in [0.2, 0.25) is 0 Å². The van der Waals surface area contributed by atoms with Gasteiger partial charge in [0.1, 0.15) is 17.8 Å². The lowest BCUT2D eigenvalue weighted by atomic mass is 9.82. The van der Waals surface area contributed by atoms with Crippen molar-refractivity contribution in [3.8, 4) is 0 Å². The fourth-order valence-electron chi connectivity index (χ4n) is 2.72. The molecule has 0 spiro atoms. The number of H-pyrrole nitrogens is 1. The molecule has 1 saturated carbocycles. The van der Waals surface area contributed by atoms with Gasteiger partial charge in [0.05, 0.1) is 21.4 Å². The normalized spacial score (nSPS) is 15.3. The van der Waals surface area contributed by atoms with Crippen LogP contribution in [0.4, 0.5) is 11.5 Å². The number of rotatable bonds is 3. The minimum Gasteiger partial charge on any atom is -0.337 e. The Kier molecular flexibility index (Phi) is 2.95. The van der Waals surface area contributed by atoms with Gasteiger partial charge in [-0.1, -0.05) is 6.42 Å². The highest BCUT2D eigenvalue weighted by atomic mass is 79.9. The van der Waals surface area contributed by atoms with Crippen molar-refractivity contribution >= 4 is 38.5 Å². The number of hydrogen-bond donors (Lipinski definition) is 2. The monoisotopic (exact) mass is 346 g/mol. The summed E-state index contributed by atoms with van der Waals surface area (Å²) in [4.78, 5) is 11.8. The molecule has 0 unspecified atom stereocenters. The number of halogens is 1. The Hall–Kier alpha value is -1.89. The number of aromatic nitrogens is 5. The molecular formula is C14H15BrN6. The molecule has 0 atom stereocenters. The van der Waals surface area contributed by atoms with Gasteiger partial charge in [0.25, 0.3) is 0 Å². The molecule has 108 valence electrons. The summed E-state index contributed by atoms with van der Waals surface area (Å²) in [6, 6.07) is 1.98. The molecule has 0 aromatic carbocycles. The first-order valence-electron chi connectivity index (χ1n) is 7.00. The number of fused-ring (bicyclic) bond motifs is 1. The maximum absolute atomic E-state index is 4.61. The predicted octanol–water partition coefficient (Wildman–Crippen LogP) is 3.47. The Morgan fingerprint density at radius 2 is 2.24 bits per heavy atom. The highest BCUT2D eigenvalue weighted by Crippen LogP contribution is 2.39. The summed E-state index contributed by atoms with van der Waals surface area (Å²) < 4.78 is 2.76. The standard InChI is InChI=1S/C14H15BrN6/c1-21-6-10(12(20-21)8-3-2-4-8)18-13-9-5-11(15)19-14(9)17-7-16-13/h5-8H,2-4H2,1H3,(H2,16,17,18,19). The second-order valence-corrected chi connectivity index (χ2v) is 6.31. The first kappa shape index (κ1) is 12.8. The smallest absolute Gasteiger partial charge is 0.143 e. The van der Waals surface area contributed by atoms with Gasteiger partial charge in [0.15, 0.2) is 0 Å². The van der Waals surface area contributed by atoms with Crippen LogP contribution in [-0.4, -0.2) is 24.7 Å². The van der Waals surface area contributed by atoms with E-state index in [0.717, 1.165) is 32.8 Å². The van der Waals surface area contributed by atoms with Gasteiger partial charge in [-0.2, -0.15) is 5.10 Å². The molecule has 0 saturated heterocycles. The van der Waals surface area contributed by atoms with Crippen LogP contribution < -0.4 is 5.32 Å². The topological polar surface area (TPSA) is 71.4 Å². The summed E-state index contributed by atoms with van der Waals surface area (Å²) in [7, 11) is 1.95. The summed E-state index contributed by atoms with van der Waals surface area (Å²) >= 11 is 3.44. The van der Waals surface area contributed by atoms with Gasteiger partial charge >= 0.3 is 0 Å². The third kappa shape index (κ3) is 2.21. The summed E-state index contributed by atoms with van der Waals surface area (Å²) in [6.07, 6.45) is 7.32. The largest absolute Gasteiger partial charge is 0.337 e. The minimum absolute atomic E-state index is 0.573. The Bertz CT molecular complexity index is 801. The molecule has 0 amide bonds. The van der Waals surface area contributed by atoms with Gasteiger partial charge < -0.3 is 10.3 Å². The van der Waals surface area contributed by atoms with Gasteiger partial charge in [0, 0.05) is 19.2 Å². The molecule has 0 aliphatic heterocycles. The van der Waals surface area contributed by atoms with Crippen molar-refractivity contribution in [2.45, 2.75) is 25.2 Å². The summed E-state index contributed by atoms with van der Waals surface area (Å²) in [6.45, 7) is 0. The summed E-state index contributed by atoms with van der Waals surface area (Å²) in [5.74, 6) is 1.37. The van der Waals surface area contributed by atoms with Crippen LogP contribution in [0.3, 0.4) is 0 Å². The first-order chi connectivity index (χ1) is 10.2.